The zero-order chi connectivity index (χ0) is 20.0. The van der Waals surface area contributed by atoms with Crippen molar-refractivity contribution in [2.24, 2.45) is 5.41 Å². The highest BCUT2D eigenvalue weighted by molar-refractivity contribution is 5.90. The lowest BCUT2D eigenvalue weighted by Gasteiger charge is -2.53. The lowest BCUT2D eigenvalue weighted by atomic mass is 9.66. The summed E-state index contributed by atoms with van der Waals surface area (Å²) in [5.74, 6) is 0. The second-order valence-electron chi connectivity index (χ2n) is 8.73. The van der Waals surface area contributed by atoms with Crippen molar-refractivity contribution in [3.63, 3.8) is 0 Å². The standard InChI is InChI=1S/C24H31N3O2/c1-3-12-25-23(28)29-16-17-15-24(4-2)11-7-13-26-14-10-19-18-8-5-6-9-20(18)27(17)21(19)22(24)26/h5-6,8-9,15,22H,3-4,7,10-14,16H2,1-2H3,(H,25,28)/t22-,24+/m1/s1. The van der Waals surface area contributed by atoms with Crippen molar-refractivity contribution in [2.75, 3.05) is 26.2 Å². The smallest absolute Gasteiger partial charge is 0.407 e. The summed E-state index contributed by atoms with van der Waals surface area (Å²) in [5, 5.41) is 4.19. The molecule has 0 saturated carbocycles. The van der Waals surface area contributed by atoms with Crippen molar-refractivity contribution in [3.05, 3.63) is 41.6 Å². The van der Waals surface area contributed by atoms with E-state index in [1.54, 1.807) is 0 Å². The van der Waals surface area contributed by atoms with E-state index in [9.17, 15) is 4.79 Å². The Balaban J connectivity index is 1.63. The molecule has 1 aromatic heterocycles. The van der Waals surface area contributed by atoms with E-state index in [0.717, 1.165) is 31.5 Å². The number of nitrogens with one attached hydrogen (secondary N) is 1. The number of nitrogens with zero attached hydrogens (tertiary/aromatic N) is 2. The first-order valence-corrected chi connectivity index (χ1v) is 11.2. The minimum absolute atomic E-state index is 0.135. The molecule has 1 saturated heterocycles. The summed E-state index contributed by atoms with van der Waals surface area (Å²) in [6, 6.07) is 9.17. The molecule has 2 atom stereocenters. The zero-order valence-electron chi connectivity index (χ0n) is 17.5. The van der Waals surface area contributed by atoms with Crippen molar-refractivity contribution in [3.8, 4) is 0 Å². The molecule has 3 aliphatic heterocycles. The molecule has 29 heavy (non-hydrogen) atoms. The molecule has 154 valence electrons. The number of alkyl carbamates (subject to hydrolysis) is 1. The Morgan fingerprint density at radius 2 is 2.14 bits per heavy atom. The Bertz CT molecular complexity index is 976. The Hall–Kier alpha value is -2.27. The second kappa shape index (κ2) is 7.21. The fraction of sp³-hybridized carbons (Fsp3) is 0.542. The van der Waals surface area contributed by atoms with Crippen molar-refractivity contribution >= 4 is 22.7 Å². The number of carbonyl (C=O) groups excluding carboxylic acids is 1. The number of ether oxygens (including phenoxy) is 1. The minimum Gasteiger partial charge on any atom is -0.443 e. The maximum absolute atomic E-state index is 12.1. The molecule has 5 heteroatoms. The highest BCUT2D eigenvalue weighted by Gasteiger charge is 2.50. The fourth-order valence-corrected chi connectivity index (χ4v) is 5.91. The van der Waals surface area contributed by atoms with Gasteiger partial charge < -0.3 is 14.6 Å². The van der Waals surface area contributed by atoms with Crippen LogP contribution in [-0.4, -0.2) is 41.8 Å². The van der Waals surface area contributed by atoms with Gasteiger partial charge in [-0.2, -0.15) is 0 Å². The topological polar surface area (TPSA) is 46.5 Å². The van der Waals surface area contributed by atoms with Gasteiger partial charge in [-0.3, -0.25) is 4.90 Å². The van der Waals surface area contributed by atoms with Crippen LogP contribution in [-0.2, 0) is 11.2 Å². The summed E-state index contributed by atoms with van der Waals surface area (Å²) < 4.78 is 8.07. The minimum atomic E-state index is -0.323. The van der Waals surface area contributed by atoms with E-state index in [0.29, 0.717) is 19.2 Å². The molecule has 1 amide bonds. The summed E-state index contributed by atoms with van der Waals surface area (Å²) in [4.78, 5) is 14.8. The van der Waals surface area contributed by atoms with Gasteiger partial charge in [-0.25, -0.2) is 4.79 Å². The number of rotatable bonds is 5. The molecular formula is C24H31N3O2. The summed E-state index contributed by atoms with van der Waals surface area (Å²) in [6.45, 7) is 7.66. The lowest BCUT2D eigenvalue weighted by Crippen LogP contribution is -2.50. The number of piperidine rings is 1. The lowest BCUT2D eigenvalue weighted by molar-refractivity contribution is 0.0261. The van der Waals surface area contributed by atoms with Gasteiger partial charge in [-0.05, 0) is 50.3 Å². The van der Waals surface area contributed by atoms with Crippen molar-refractivity contribution < 1.29 is 9.53 Å². The van der Waals surface area contributed by atoms with Crippen molar-refractivity contribution in [1.82, 2.24) is 14.8 Å². The van der Waals surface area contributed by atoms with Crippen LogP contribution in [0.3, 0.4) is 0 Å². The molecule has 0 bridgehead atoms. The van der Waals surface area contributed by atoms with Gasteiger partial charge in [-0.1, -0.05) is 38.1 Å². The third-order valence-corrected chi connectivity index (χ3v) is 7.20. The van der Waals surface area contributed by atoms with Crippen LogP contribution in [0.1, 0.15) is 56.8 Å². The van der Waals surface area contributed by atoms with Crippen LogP contribution < -0.4 is 5.32 Å². The Morgan fingerprint density at radius 3 is 2.97 bits per heavy atom. The Labute approximate surface area is 172 Å². The zero-order valence-corrected chi connectivity index (χ0v) is 17.5. The predicted octanol–water partition coefficient (Wildman–Crippen LogP) is 4.72. The van der Waals surface area contributed by atoms with Gasteiger partial charge in [0, 0.05) is 29.6 Å². The highest BCUT2D eigenvalue weighted by Crippen LogP contribution is 2.56. The number of hydrogen-bond donors (Lipinski definition) is 1. The predicted molar refractivity (Wildman–Crippen MR) is 116 cm³/mol. The van der Waals surface area contributed by atoms with E-state index in [1.165, 1.54) is 41.5 Å². The molecule has 0 unspecified atom stereocenters. The van der Waals surface area contributed by atoms with Crippen LogP contribution in [0, 0.1) is 5.41 Å². The van der Waals surface area contributed by atoms with E-state index in [4.69, 9.17) is 4.74 Å². The van der Waals surface area contributed by atoms with Crippen LogP contribution in [0.4, 0.5) is 4.79 Å². The molecule has 1 fully saturated rings. The van der Waals surface area contributed by atoms with E-state index in [1.807, 2.05) is 6.92 Å². The second-order valence-corrected chi connectivity index (χ2v) is 8.73. The summed E-state index contributed by atoms with van der Waals surface area (Å²) in [5.41, 5.74) is 5.46. The third-order valence-electron chi connectivity index (χ3n) is 7.20. The number of benzene rings is 1. The SMILES string of the molecule is CCCNC(=O)OCC1=C[C@]2(CC)CCCN3CCc4c(n1c1ccccc41)[C@@H]32. The maximum atomic E-state index is 12.1. The first kappa shape index (κ1) is 18.7. The molecule has 0 spiro atoms. The van der Waals surface area contributed by atoms with Crippen molar-refractivity contribution in [1.29, 1.82) is 0 Å². The number of fused-ring (bicyclic) bond motifs is 3. The molecule has 0 radical (unpaired) electrons. The number of aromatic nitrogens is 1. The molecule has 1 aromatic carbocycles. The Kier molecular flexibility index (Phi) is 4.66. The van der Waals surface area contributed by atoms with Crippen LogP contribution in [0.25, 0.3) is 16.6 Å². The molecule has 4 heterocycles. The number of hydrogen-bond acceptors (Lipinski definition) is 3. The van der Waals surface area contributed by atoms with E-state index < -0.39 is 0 Å². The monoisotopic (exact) mass is 393 g/mol. The van der Waals surface area contributed by atoms with Gasteiger partial charge in [0.2, 0.25) is 0 Å². The van der Waals surface area contributed by atoms with E-state index in [-0.39, 0.29) is 11.5 Å². The van der Waals surface area contributed by atoms with Crippen molar-refractivity contribution in [2.45, 2.75) is 52.0 Å². The van der Waals surface area contributed by atoms with Gasteiger partial charge in [0.15, 0.2) is 0 Å². The fourth-order valence-electron chi connectivity index (χ4n) is 5.91. The largest absolute Gasteiger partial charge is 0.443 e. The van der Waals surface area contributed by atoms with Gasteiger partial charge in [0.05, 0.1) is 17.3 Å². The molecule has 2 aromatic rings. The third kappa shape index (κ3) is 2.82. The molecule has 5 nitrogen and oxygen atoms in total. The van der Waals surface area contributed by atoms with E-state index in [2.05, 4.69) is 52.0 Å². The highest BCUT2D eigenvalue weighted by atomic mass is 16.5. The summed E-state index contributed by atoms with van der Waals surface area (Å²) >= 11 is 0. The van der Waals surface area contributed by atoms with Crippen LogP contribution in [0.5, 0.6) is 0 Å². The Morgan fingerprint density at radius 1 is 1.28 bits per heavy atom. The van der Waals surface area contributed by atoms with Gasteiger partial charge in [-0.15, -0.1) is 0 Å². The maximum Gasteiger partial charge on any atom is 0.407 e. The molecule has 3 aliphatic rings. The molecule has 5 rings (SSSR count). The van der Waals surface area contributed by atoms with Crippen LogP contribution in [0.2, 0.25) is 0 Å². The summed E-state index contributed by atoms with van der Waals surface area (Å²) in [6.07, 6.45) is 7.69. The van der Waals surface area contributed by atoms with Gasteiger partial charge in [0.25, 0.3) is 0 Å². The number of para-hydroxylation sites is 1. The average molecular weight is 394 g/mol. The summed E-state index contributed by atoms with van der Waals surface area (Å²) in [7, 11) is 0. The average Bonchev–Trinajstić information content (AvgIpc) is 3.10. The molecule has 1 N–H and O–H groups in total. The quantitative estimate of drug-likeness (QED) is 0.799. The number of carbonyl (C=O) groups is 1. The van der Waals surface area contributed by atoms with Crippen LogP contribution >= 0.6 is 0 Å². The van der Waals surface area contributed by atoms with Crippen LogP contribution in [0.15, 0.2) is 30.3 Å². The molecular weight excluding hydrogens is 362 g/mol. The first-order chi connectivity index (χ1) is 14.2. The first-order valence-electron chi connectivity index (χ1n) is 11.2. The normalized spacial score (nSPS) is 25.4. The molecule has 0 aliphatic carbocycles. The van der Waals surface area contributed by atoms with Gasteiger partial charge in [0.1, 0.15) is 6.61 Å². The number of amides is 1. The van der Waals surface area contributed by atoms with E-state index >= 15 is 0 Å². The van der Waals surface area contributed by atoms with Gasteiger partial charge >= 0.3 is 6.09 Å².